The Morgan fingerprint density at radius 1 is 0.476 bits per heavy atom. The lowest BCUT2D eigenvalue weighted by Gasteiger charge is -2.32. The van der Waals surface area contributed by atoms with Gasteiger partial charge in [-0.25, -0.2) is 9.78 Å². The fourth-order valence-electron chi connectivity index (χ4n) is 14.6. The number of amides is 15. The number of imidazole rings is 1. The monoisotopic (exact) mass is 1760 g/mol. The first-order valence-corrected chi connectivity index (χ1v) is 43.5. The molecule has 5 rings (SSSR count). The maximum absolute atomic E-state index is 14.7. The molecular formula is C84H133N21O18S. The minimum atomic E-state index is -1.76. The van der Waals surface area contributed by atoms with Crippen molar-refractivity contribution in [3.63, 3.8) is 0 Å². The topological polar surface area (TPSA) is 623 Å². The van der Waals surface area contributed by atoms with Crippen molar-refractivity contribution >= 4 is 107 Å². The third-order valence-electron chi connectivity index (χ3n) is 21.2. The van der Waals surface area contributed by atoms with Crippen LogP contribution in [0.4, 0.5) is 0 Å². The molecule has 3 aromatic rings. The van der Waals surface area contributed by atoms with Crippen LogP contribution in [0.25, 0.3) is 0 Å². The van der Waals surface area contributed by atoms with Gasteiger partial charge >= 0.3 is 5.97 Å². The summed E-state index contributed by atoms with van der Waals surface area (Å²) < 4.78 is 0. The van der Waals surface area contributed by atoms with Crippen molar-refractivity contribution in [1.82, 2.24) is 83.6 Å². The average molecular weight is 1760 g/mol. The Morgan fingerprint density at radius 3 is 1.34 bits per heavy atom. The van der Waals surface area contributed by atoms with Crippen molar-refractivity contribution < 1.29 is 86.9 Å². The van der Waals surface area contributed by atoms with E-state index in [2.05, 4.69) is 86.4 Å². The molecule has 0 radical (unpaired) electrons. The smallest absolute Gasteiger partial charge is 0.326 e. The van der Waals surface area contributed by atoms with Crippen LogP contribution in [0.3, 0.4) is 0 Å². The Balaban J connectivity index is 1.26. The second-order valence-electron chi connectivity index (χ2n) is 33.4. The number of nitrogens with zero attached hydrogens (tertiary/aromatic N) is 3. The molecule has 15 amide bonds. The Kier molecular flexibility index (Phi) is 44.6. The van der Waals surface area contributed by atoms with E-state index < -0.39 is 198 Å². The first-order chi connectivity index (χ1) is 58.9. The molecule has 0 spiro atoms. The molecule has 14 atom stereocenters. The number of carboxylic acid groups (broad SMARTS) is 1. The number of carbonyl (C=O) groups is 16. The van der Waals surface area contributed by atoms with E-state index in [1.54, 1.807) is 97.9 Å². The van der Waals surface area contributed by atoms with Crippen molar-refractivity contribution in [3.8, 4) is 5.75 Å². The minimum absolute atomic E-state index is 0.00644. The summed E-state index contributed by atoms with van der Waals surface area (Å²) in [5, 5.41) is 51.6. The van der Waals surface area contributed by atoms with Crippen LogP contribution in [0, 0.1) is 23.7 Å². The van der Waals surface area contributed by atoms with Crippen LogP contribution in [-0.2, 0) is 96.0 Å². The number of carboxylic acids is 1. The van der Waals surface area contributed by atoms with Crippen LogP contribution in [0.5, 0.6) is 5.75 Å². The molecule has 2 saturated heterocycles. The van der Waals surface area contributed by atoms with E-state index in [1.807, 2.05) is 0 Å². The summed E-state index contributed by atoms with van der Waals surface area (Å²) in [6.07, 6.45) is 5.34. The quantitative estimate of drug-likeness (QED) is 0.0214. The fourth-order valence-corrected chi connectivity index (χ4v) is 14.8. The Labute approximate surface area is 729 Å². The number of likely N-dealkylation sites (tertiary alicyclic amines) is 2. The molecule has 2 aliphatic heterocycles. The first kappa shape index (κ1) is 104. The summed E-state index contributed by atoms with van der Waals surface area (Å²) in [6, 6.07) is -3.44. The fraction of sp³-hybridized carbons (Fsp3) is 0.631. The van der Waals surface area contributed by atoms with E-state index in [0.29, 0.717) is 61.8 Å². The number of aromatic hydroxyl groups is 1. The van der Waals surface area contributed by atoms with E-state index in [4.69, 9.17) is 28.7 Å². The number of phenolic OH excluding ortho intramolecular Hbond substituents is 1. The van der Waals surface area contributed by atoms with Crippen LogP contribution in [0.2, 0.25) is 0 Å². The summed E-state index contributed by atoms with van der Waals surface area (Å²) in [5.41, 5.74) is 31.3. The number of carbonyl (C=O) groups excluding carboxylic acids is 15. The number of aliphatic carboxylic acids is 1. The lowest BCUT2D eigenvalue weighted by molar-refractivity contribution is -0.144. The van der Waals surface area contributed by atoms with Gasteiger partial charge in [-0.05, 0) is 176 Å². The van der Waals surface area contributed by atoms with Crippen LogP contribution in [0.15, 0.2) is 67.1 Å². The number of hydrogen-bond acceptors (Lipinski definition) is 23. The van der Waals surface area contributed by atoms with Crippen LogP contribution < -0.4 is 92.5 Å². The minimum Gasteiger partial charge on any atom is -0.508 e. The van der Waals surface area contributed by atoms with E-state index >= 15 is 0 Å². The molecule has 2 aromatic carbocycles. The molecule has 688 valence electrons. The zero-order chi connectivity index (χ0) is 91.9. The molecule has 39 nitrogen and oxygen atoms in total. The molecule has 2 aliphatic rings. The van der Waals surface area contributed by atoms with Gasteiger partial charge in [-0.3, -0.25) is 71.9 Å². The zero-order valence-electron chi connectivity index (χ0n) is 72.4. The van der Waals surface area contributed by atoms with Crippen molar-refractivity contribution in [3.05, 3.63) is 83.9 Å². The number of unbranched alkanes of at least 4 members (excludes halogenated alkanes) is 3. The summed E-state index contributed by atoms with van der Waals surface area (Å²) in [5.74, 6) is -15.1. The van der Waals surface area contributed by atoms with Gasteiger partial charge in [-0.2, -0.15) is 12.6 Å². The number of nitrogens with one attached hydrogen (secondary N) is 13. The maximum Gasteiger partial charge on any atom is 0.326 e. The highest BCUT2D eigenvalue weighted by Crippen LogP contribution is 2.24. The number of thiol groups is 1. The van der Waals surface area contributed by atoms with Gasteiger partial charge < -0.3 is 117 Å². The van der Waals surface area contributed by atoms with Gasteiger partial charge in [-0.15, -0.1) is 0 Å². The van der Waals surface area contributed by atoms with Gasteiger partial charge in [0.2, 0.25) is 88.6 Å². The predicted octanol–water partition coefficient (Wildman–Crippen LogP) is -2.03. The third kappa shape index (κ3) is 35.1. The predicted molar refractivity (Wildman–Crippen MR) is 463 cm³/mol. The number of aromatic nitrogens is 2. The highest BCUT2D eigenvalue weighted by molar-refractivity contribution is 7.80. The Bertz CT molecular complexity index is 4010. The standard InChI is InChI=1S/C84H133N21O18S/c1-47(2)36-59(71(109)91-44-69(108)93-56(22-12-15-31-85)74(112)103-70(50(7)8)83(121)105-35-19-26-67(105)80(118)100-62(40-51-20-10-9-11-21-51)77(115)101-64(84(122)123)41-53-43-90-46-92-53)96-72(110)57(23-13-16-32-86)94-75(113)60(37-48(3)4)98-78(116)63(42-68(89)107)99-76(114)61(38-49(5)6)97-73(111)58(24-14-17-33-87)95-79(117)65(45-124)102-81(119)66-25-18-34-104(66)82(120)55(88)39-52-27-29-54(106)30-28-52/h9-11,20-21,27-30,43,46-50,55-67,70,106,124H,12-19,22-26,31-42,44-45,85-88H2,1-8H3,(H2,89,107)(H,90,92)(H,91,109)(H,93,108)(H,94,113)(H,95,117)(H,96,110)(H,97,111)(H,98,116)(H,99,114)(H,100,118)(H,101,115)(H,102,119)(H,103,112)(H,122,123)/t55-,56-,57-,58-,59-,60-,61-,62-,63-,64-,65-,66-,67-,70-/m0/s1. The molecule has 0 saturated carbocycles. The van der Waals surface area contributed by atoms with Gasteiger partial charge in [0.25, 0.3) is 0 Å². The number of phenols is 1. The van der Waals surface area contributed by atoms with Crippen LogP contribution >= 0.6 is 12.6 Å². The van der Waals surface area contributed by atoms with Gasteiger partial charge in [0.15, 0.2) is 0 Å². The average Bonchev–Trinajstić information content (AvgIpc) is 1.34. The molecule has 40 heteroatoms. The number of aromatic amines is 1. The number of H-pyrrole nitrogens is 1. The highest BCUT2D eigenvalue weighted by Gasteiger charge is 2.43. The van der Waals surface area contributed by atoms with Crippen molar-refractivity contribution in [2.24, 2.45) is 52.3 Å². The van der Waals surface area contributed by atoms with Crippen molar-refractivity contribution in [1.29, 1.82) is 0 Å². The second kappa shape index (κ2) is 53.4. The Hall–Kier alpha value is -10.8. The van der Waals surface area contributed by atoms with E-state index in [9.17, 15) is 86.9 Å². The first-order valence-electron chi connectivity index (χ1n) is 42.9. The zero-order valence-corrected chi connectivity index (χ0v) is 73.3. The molecule has 0 unspecified atom stereocenters. The summed E-state index contributed by atoms with van der Waals surface area (Å²) in [7, 11) is 0. The number of benzene rings is 2. The molecule has 2 fully saturated rings. The largest absolute Gasteiger partial charge is 0.508 e. The molecule has 0 aliphatic carbocycles. The summed E-state index contributed by atoms with van der Waals surface area (Å²) in [4.78, 5) is 234. The van der Waals surface area contributed by atoms with E-state index in [0.717, 1.165) is 0 Å². The normalized spacial score (nSPS) is 16.8. The van der Waals surface area contributed by atoms with Crippen LogP contribution in [-0.4, -0.2) is 254 Å². The molecule has 0 bridgehead atoms. The lowest BCUT2D eigenvalue weighted by atomic mass is 9.99. The lowest BCUT2D eigenvalue weighted by Crippen LogP contribution is -2.61. The van der Waals surface area contributed by atoms with Crippen molar-refractivity contribution in [2.75, 3.05) is 45.0 Å². The third-order valence-corrected chi connectivity index (χ3v) is 21.5. The van der Waals surface area contributed by atoms with Gasteiger partial charge in [0.1, 0.15) is 84.3 Å². The molecule has 3 heterocycles. The maximum atomic E-state index is 14.7. The molecular weight excluding hydrogens is 1620 g/mol. The molecule has 124 heavy (non-hydrogen) atoms. The molecule has 25 N–H and O–H groups in total. The highest BCUT2D eigenvalue weighted by atomic mass is 32.1. The SMILES string of the molecule is CC(C)C[C@H](NC(=O)[C@H](CCCCN)NC(=O)[C@H](CC(C)C)NC(=O)[C@H](CC(N)=O)NC(=O)[C@H](CC(C)C)NC(=O)[C@H](CCCCN)NC(=O)[C@H](CS)NC(=O)[C@@H]1CCCN1C(=O)[C@@H](N)Cc1ccc(O)cc1)C(=O)NCC(=O)N[C@@H](CCCCN)C(=O)N[C@H](C(=O)N1CCC[C@H]1C(=O)N[C@@H](Cc1ccccc1)C(=O)N[C@@H](Cc1cnc[nH]1)C(=O)O)C(C)C. The van der Waals surface area contributed by atoms with E-state index in [1.165, 1.54) is 34.5 Å². The van der Waals surface area contributed by atoms with Gasteiger partial charge in [-0.1, -0.05) is 97.9 Å². The Morgan fingerprint density at radius 2 is 0.887 bits per heavy atom. The number of nitrogens with two attached hydrogens (primary N) is 5. The number of hydrogen-bond donors (Lipinski definition) is 21. The summed E-state index contributed by atoms with van der Waals surface area (Å²) in [6.45, 7) is 14.2. The van der Waals surface area contributed by atoms with Gasteiger partial charge in [0, 0.05) is 43.6 Å². The number of primary amides is 1. The van der Waals surface area contributed by atoms with Crippen LogP contribution in [0.1, 0.15) is 181 Å². The summed E-state index contributed by atoms with van der Waals surface area (Å²) >= 11 is 4.34. The van der Waals surface area contributed by atoms with E-state index in [-0.39, 0.29) is 139 Å². The van der Waals surface area contributed by atoms with Crippen molar-refractivity contribution in [2.45, 2.75) is 268 Å². The number of rotatable bonds is 55. The second-order valence-corrected chi connectivity index (χ2v) is 33.7. The van der Waals surface area contributed by atoms with Gasteiger partial charge in [0.05, 0.1) is 25.3 Å². The molecule has 1 aromatic heterocycles.